The van der Waals surface area contributed by atoms with Gasteiger partial charge in [0, 0.05) is 26.2 Å². The third-order valence-corrected chi connectivity index (χ3v) is 5.89. The second-order valence-electron chi connectivity index (χ2n) is 6.93. The van der Waals surface area contributed by atoms with Crippen LogP contribution in [0.15, 0.2) is 24.3 Å². The van der Waals surface area contributed by atoms with E-state index in [0.29, 0.717) is 44.0 Å². The minimum Gasteiger partial charge on any atom is -0.367 e. The molecule has 2 aliphatic rings. The molecule has 0 atom stereocenters. The lowest BCUT2D eigenvalue weighted by molar-refractivity contribution is -0.139. The first kappa shape index (κ1) is 19.5. The molecule has 1 aromatic rings. The number of amides is 4. The van der Waals surface area contributed by atoms with Crippen LogP contribution in [0.5, 0.6) is 0 Å². The lowest BCUT2D eigenvalue weighted by atomic mass is 9.93. The molecule has 0 radical (unpaired) electrons. The summed E-state index contributed by atoms with van der Waals surface area (Å²) in [7, 11) is 0. The second-order valence-corrected chi connectivity index (χ2v) is 7.34. The molecule has 146 valence electrons. The highest BCUT2D eigenvalue weighted by Crippen LogP contribution is 2.27. The zero-order chi connectivity index (χ0) is 19.6. The standard InChI is InChI=1S/C19H25ClN4O3/c1-3-19(4-2)17(26)24(18(27)21-19)13-16(25)23-11-9-22(10-12-23)15-8-6-5-7-14(15)20/h5-8H,3-4,9-13H2,1-2H3,(H,21,27). The smallest absolute Gasteiger partial charge is 0.325 e. The molecule has 0 aliphatic carbocycles. The van der Waals surface area contributed by atoms with Crippen LogP contribution in [0.1, 0.15) is 26.7 Å². The Morgan fingerprint density at radius 2 is 1.74 bits per heavy atom. The van der Waals surface area contributed by atoms with Gasteiger partial charge in [-0.2, -0.15) is 0 Å². The highest BCUT2D eigenvalue weighted by atomic mass is 35.5. The van der Waals surface area contributed by atoms with Crippen LogP contribution in [-0.4, -0.2) is 65.9 Å². The largest absolute Gasteiger partial charge is 0.367 e. The third-order valence-electron chi connectivity index (χ3n) is 5.57. The fourth-order valence-electron chi connectivity index (χ4n) is 3.69. The molecule has 1 aromatic carbocycles. The van der Waals surface area contributed by atoms with Crippen LogP contribution >= 0.6 is 11.6 Å². The van der Waals surface area contributed by atoms with E-state index in [0.717, 1.165) is 10.6 Å². The molecule has 3 rings (SSSR count). The summed E-state index contributed by atoms with van der Waals surface area (Å²) in [6.07, 6.45) is 1.02. The summed E-state index contributed by atoms with van der Waals surface area (Å²) in [4.78, 5) is 42.4. The summed E-state index contributed by atoms with van der Waals surface area (Å²) in [5.41, 5.74) is 0.0798. The normalized spacial score (nSPS) is 19.4. The van der Waals surface area contributed by atoms with Gasteiger partial charge in [-0.3, -0.25) is 14.5 Å². The number of halogens is 1. The predicted octanol–water partition coefficient (Wildman–Crippen LogP) is 2.10. The number of benzene rings is 1. The molecule has 0 aromatic heterocycles. The lowest BCUT2D eigenvalue weighted by Gasteiger charge is -2.37. The van der Waals surface area contributed by atoms with Crippen LogP contribution < -0.4 is 10.2 Å². The highest BCUT2D eigenvalue weighted by Gasteiger charge is 2.49. The van der Waals surface area contributed by atoms with Gasteiger partial charge >= 0.3 is 6.03 Å². The number of piperazine rings is 1. The average molecular weight is 393 g/mol. The third kappa shape index (κ3) is 3.60. The summed E-state index contributed by atoms with van der Waals surface area (Å²) >= 11 is 6.25. The molecule has 0 unspecified atom stereocenters. The molecule has 8 heteroatoms. The Labute approximate surface area is 164 Å². The van der Waals surface area contributed by atoms with Crippen molar-refractivity contribution in [3.63, 3.8) is 0 Å². The molecule has 2 aliphatic heterocycles. The van der Waals surface area contributed by atoms with Crippen molar-refractivity contribution >= 4 is 35.1 Å². The second kappa shape index (κ2) is 7.76. The van der Waals surface area contributed by atoms with Crippen molar-refractivity contribution in [2.75, 3.05) is 37.6 Å². The van der Waals surface area contributed by atoms with Gasteiger partial charge in [0.2, 0.25) is 5.91 Å². The van der Waals surface area contributed by atoms with Crippen LogP contribution in [-0.2, 0) is 9.59 Å². The number of nitrogens with one attached hydrogen (secondary N) is 1. The SMILES string of the molecule is CCC1(CC)NC(=O)N(CC(=O)N2CCN(c3ccccc3Cl)CC2)C1=O. The van der Waals surface area contributed by atoms with E-state index in [1.165, 1.54) is 0 Å². The zero-order valence-electron chi connectivity index (χ0n) is 15.7. The number of nitrogens with zero attached hydrogens (tertiary/aromatic N) is 3. The molecule has 2 heterocycles. The maximum Gasteiger partial charge on any atom is 0.325 e. The summed E-state index contributed by atoms with van der Waals surface area (Å²) in [5, 5.41) is 3.44. The molecule has 7 nitrogen and oxygen atoms in total. The quantitative estimate of drug-likeness (QED) is 0.779. The van der Waals surface area contributed by atoms with E-state index in [-0.39, 0.29) is 18.4 Å². The number of anilines is 1. The fraction of sp³-hybridized carbons (Fsp3) is 0.526. The number of hydrogen-bond donors (Lipinski definition) is 1. The molecule has 0 saturated carbocycles. The van der Waals surface area contributed by atoms with Gasteiger partial charge in [0.25, 0.3) is 5.91 Å². The summed E-state index contributed by atoms with van der Waals surface area (Å²) in [6.45, 7) is 5.88. The van der Waals surface area contributed by atoms with E-state index in [1.807, 2.05) is 38.1 Å². The molecule has 1 N–H and O–H groups in total. The highest BCUT2D eigenvalue weighted by molar-refractivity contribution is 6.33. The molecule has 0 spiro atoms. The summed E-state index contributed by atoms with van der Waals surface area (Å²) in [6, 6.07) is 7.15. The van der Waals surface area contributed by atoms with Gasteiger partial charge in [0.05, 0.1) is 10.7 Å². The van der Waals surface area contributed by atoms with Crippen LogP contribution in [0.3, 0.4) is 0 Å². The maximum absolute atomic E-state index is 12.7. The van der Waals surface area contributed by atoms with Crippen molar-refractivity contribution in [2.24, 2.45) is 0 Å². The molecule has 4 amide bonds. The van der Waals surface area contributed by atoms with Gasteiger partial charge in [-0.25, -0.2) is 4.79 Å². The zero-order valence-corrected chi connectivity index (χ0v) is 16.5. The van der Waals surface area contributed by atoms with Crippen LogP contribution in [0, 0.1) is 0 Å². The molecule has 27 heavy (non-hydrogen) atoms. The van der Waals surface area contributed by atoms with Crippen molar-refractivity contribution in [2.45, 2.75) is 32.2 Å². The Morgan fingerprint density at radius 1 is 1.11 bits per heavy atom. The number of para-hydroxylation sites is 1. The molecular formula is C19H25ClN4O3. The van der Waals surface area contributed by atoms with Crippen molar-refractivity contribution in [1.29, 1.82) is 0 Å². The van der Waals surface area contributed by atoms with E-state index in [2.05, 4.69) is 10.2 Å². The van der Waals surface area contributed by atoms with Crippen LogP contribution in [0.2, 0.25) is 5.02 Å². The number of urea groups is 1. The predicted molar refractivity (Wildman–Crippen MR) is 104 cm³/mol. The minimum absolute atomic E-state index is 0.208. The van der Waals surface area contributed by atoms with E-state index in [9.17, 15) is 14.4 Å². The van der Waals surface area contributed by atoms with E-state index >= 15 is 0 Å². The van der Waals surface area contributed by atoms with Crippen LogP contribution in [0.4, 0.5) is 10.5 Å². The van der Waals surface area contributed by atoms with Crippen molar-refractivity contribution in [3.05, 3.63) is 29.3 Å². The number of imide groups is 1. The Bertz CT molecular complexity index is 742. The first-order valence-corrected chi connectivity index (χ1v) is 9.71. The van der Waals surface area contributed by atoms with Gasteiger partial charge in [0.15, 0.2) is 0 Å². The Hall–Kier alpha value is -2.28. The number of carbonyl (C=O) groups is 3. The number of carbonyl (C=O) groups excluding carboxylic acids is 3. The van der Waals surface area contributed by atoms with Crippen molar-refractivity contribution in [3.8, 4) is 0 Å². The first-order chi connectivity index (χ1) is 12.9. The van der Waals surface area contributed by atoms with Gasteiger partial charge < -0.3 is 15.1 Å². The van der Waals surface area contributed by atoms with Gasteiger partial charge in [-0.05, 0) is 25.0 Å². The first-order valence-electron chi connectivity index (χ1n) is 9.33. The Kier molecular flexibility index (Phi) is 5.60. The van der Waals surface area contributed by atoms with Gasteiger partial charge in [-0.15, -0.1) is 0 Å². The number of hydrogen-bond acceptors (Lipinski definition) is 4. The minimum atomic E-state index is -0.875. The van der Waals surface area contributed by atoms with Crippen LogP contribution in [0.25, 0.3) is 0 Å². The summed E-state index contributed by atoms with van der Waals surface area (Å²) < 4.78 is 0. The van der Waals surface area contributed by atoms with Crippen molar-refractivity contribution < 1.29 is 14.4 Å². The fourth-order valence-corrected chi connectivity index (χ4v) is 3.94. The van der Waals surface area contributed by atoms with E-state index in [4.69, 9.17) is 11.6 Å². The molecule has 0 bridgehead atoms. The van der Waals surface area contributed by atoms with E-state index in [1.54, 1.807) is 4.90 Å². The molecular weight excluding hydrogens is 368 g/mol. The van der Waals surface area contributed by atoms with E-state index < -0.39 is 11.6 Å². The maximum atomic E-state index is 12.7. The summed E-state index contributed by atoms with van der Waals surface area (Å²) in [5.74, 6) is -0.513. The number of rotatable bonds is 5. The monoisotopic (exact) mass is 392 g/mol. The van der Waals surface area contributed by atoms with Gasteiger partial charge in [-0.1, -0.05) is 37.6 Å². The topological polar surface area (TPSA) is 73.0 Å². The Morgan fingerprint density at radius 3 is 2.30 bits per heavy atom. The Balaban J connectivity index is 1.60. The average Bonchev–Trinajstić information content (AvgIpc) is 2.93. The van der Waals surface area contributed by atoms with Crippen molar-refractivity contribution in [1.82, 2.24) is 15.1 Å². The van der Waals surface area contributed by atoms with Gasteiger partial charge in [0.1, 0.15) is 12.1 Å². The molecule has 2 fully saturated rings. The molecule has 2 saturated heterocycles. The lowest BCUT2D eigenvalue weighted by Crippen LogP contribution is -2.52.